The van der Waals surface area contributed by atoms with Crippen LogP contribution in [0.2, 0.25) is 0 Å². The van der Waals surface area contributed by atoms with Crippen molar-refractivity contribution in [3.63, 3.8) is 0 Å². The van der Waals surface area contributed by atoms with Crippen molar-refractivity contribution < 1.29 is 9.72 Å². The van der Waals surface area contributed by atoms with Crippen molar-refractivity contribution in [2.24, 2.45) is 0 Å². The molecule has 1 aliphatic heterocycles. The number of hydrogen-bond donors (Lipinski definition) is 1. The molecule has 1 amide bonds. The van der Waals surface area contributed by atoms with E-state index in [0.29, 0.717) is 5.69 Å². The Labute approximate surface area is 190 Å². The summed E-state index contributed by atoms with van der Waals surface area (Å²) in [6.07, 6.45) is 0. The maximum atomic E-state index is 12.7. The molecule has 1 saturated heterocycles. The third kappa shape index (κ3) is 4.79. The van der Waals surface area contributed by atoms with Gasteiger partial charge in [0.2, 0.25) is 0 Å². The highest BCUT2D eigenvalue weighted by molar-refractivity contribution is 7.13. The van der Waals surface area contributed by atoms with E-state index in [2.05, 4.69) is 15.2 Å². The molecular formula is C23H25N5O3S. The second-order valence-corrected chi connectivity index (χ2v) is 8.75. The highest BCUT2D eigenvalue weighted by Crippen LogP contribution is 2.30. The molecule has 0 spiro atoms. The lowest BCUT2D eigenvalue weighted by Gasteiger charge is -2.33. The molecule has 1 fully saturated rings. The van der Waals surface area contributed by atoms with Crippen LogP contribution in [-0.2, 0) is 6.54 Å². The first kappa shape index (κ1) is 21.9. The molecule has 9 heteroatoms. The molecule has 0 atom stereocenters. The number of hydrogen-bond acceptors (Lipinski definition) is 7. The van der Waals surface area contributed by atoms with Crippen molar-refractivity contribution in [1.82, 2.24) is 15.2 Å². The minimum absolute atomic E-state index is 0.0438. The zero-order chi connectivity index (χ0) is 22.7. The van der Waals surface area contributed by atoms with E-state index in [1.54, 1.807) is 12.1 Å². The Morgan fingerprint density at radius 2 is 1.94 bits per heavy atom. The number of nitrogens with zero attached hydrogens (tertiary/aromatic N) is 4. The van der Waals surface area contributed by atoms with Gasteiger partial charge in [0.25, 0.3) is 11.6 Å². The van der Waals surface area contributed by atoms with Crippen LogP contribution in [0.3, 0.4) is 0 Å². The van der Waals surface area contributed by atoms with E-state index in [0.717, 1.165) is 48.0 Å². The number of carbonyl (C=O) groups excluding carboxylic acids is 1. The smallest absolute Gasteiger partial charge is 0.293 e. The molecule has 3 aromatic rings. The summed E-state index contributed by atoms with van der Waals surface area (Å²) in [6.45, 7) is 5.42. The molecule has 0 bridgehead atoms. The van der Waals surface area contributed by atoms with Gasteiger partial charge in [0, 0.05) is 48.8 Å². The summed E-state index contributed by atoms with van der Waals surface area (Å²) in [5, 5.41) is 17.3. The van der Waals surface area contributed by atoms with Crippen LogP contribution in [0.1, 0.15) is 21.6 Å². The predicted octanol–water partition coefficient (Wildman–Crippen LogP) is 3.71. The minimum atomic E-state index is -0.417. The van der Waals surface area contributed by atoms with Crippen LogP contribution < -0.4 is 10.2 Å². The molecule has 0 saturated carbocycles. The van der Waals surface area contributed by atoms with E-state index in [1.165, 1.54) is 17.4 Å². The van der Waals surface area contributed by atoms with Gasteiger partial charge in [-0.3, -0.25) is 14.9 Å². The highest BCUT2D eigenvalue weighted by atomic mass is 32.1. The van der Waals surface area contributed by atoms with E-state index >= 15 is 0 Å². The second kappa shape index (κ2) is 9.46. The van der Waals surface area contributed by atoms with E-state index in [4.69, 9.17) is 0 Å². The number of piperazine rings is 1. The van der Waals surface area contributed by atoms with Gasteiger partial charge in [-0.2, -0.15) is 0 Å². The fourth-order valence-electron chi connectivity index (χ4n) is 3.72. The van der Waals surface area contributed by atoms with Crippen molar-refractivity contribution in [3.8, 4) is 10.6 Å². The molecular weight excluding hydrogens is 426 g/mol. The summed E-state index contributed by atoms with van der Waals surface area (Å²) in [7, 11) is 2.03. The second-order valence-electron chi connectivity index (χ2n) is 7.89. The number of benzene rings is 2. The maximum absolute atomic E-state index is 12.7. The number of carbonyl (C=O) groups is 1. The fourth-order valence-corrected chi connectivity index (χ4v) is 4.63. The molecule has 2 aromatic carbocycles. The summed E-state index contributed by atoms with van der Waals surface area (Å²) < 4.78 is 0. The first-order valence-corrected chi connectivity index (χ1v) is 11.3. The van der Waals surface area contributed by atoms with E-state index in [-0.39, 0.29) is 23.7 Å². The zero-order valence-electron chi connectivity index (χ0n) is 18.1. The summed E-state index contributed by atoms with van der Waals surface area (Å²) >= 11 is 1.53. The van der Waals surface area contributed by atoms with Gasteiger partial charge in [-0.15, -0.1) is 11.3 Å². The van der Waals surface area contributed by atoms with Crippen molar-refractivity contribution in [3.05, 3.63) is 74.8 Å². The normalized spacial score (nSPS) is 14.4. The topological polar surface area (TPSA) is 91.6 Å². The SMILES string of the molecule is Cc1ccccc1-c1nc(CNC(=O)c2ccc(N3CCN(C)CC3)c([N+](=O)[O-])c2)cs1. The van der Waals surface area contributed by atoms with Crippen LogP contribution in [0, 0.1) is 17.0 Å². The molecule has 2 heterocycles. The lowest BCUT2D eigenvalue weighted by Crippen LogP contribution is -2.44. The average Bonchev–Trinajstić information content (AvgIpc) is 3.26. The molecule has 8 nitrogen and oxygen atoms in total. The maximum Gasteiger partial charge on any atom is 0.293 e. The Balaban J connectivity index is 1.45. The van der Waals surface area contributed by atoms with E-state index < -0.39 is 4.92 Å². The van der Waals surface area contributed by atoms with Crippen molar-refractivity contribution in [2.75, 3.05) is 38.1 Å². The van der Waals surface area contributed by atoms with Crippen LogP contribution in [0.15, 0.2) is 47.8 Å². The first-order valence-electron chi connectivity index (χ1n) is 10.4. The lowest BCUT2D eigenvalue weighted by atomic mass is 10.1. The number of rotatable bonds is 6. The third-order valence-corrected chi connectivity index (χ3v) is 6.56. The van der Waals surface area contributed by atoms with Gasteiger partial charge in [0.1, 0.15) is 10.7 Å². The Bertz CT molecular complexity index is 1140. The van der Waals surface area contributed by atoms with Gasteiger partial charge in [-0.1, -0.05) is 24.3 Å². The van der Waals surface area contributed by atoms with Gasteiger partial charge in [0.15, 0.2) is 0 Å². The van der Waals surface area contributed by atoms with Crippen LogP contribution in [-0.4, -0.2) is 53.9 Å². The quantitative estimate of drug-likeness (QED) is 0.454. The van der Waals surface area contributed by atoms with Crippen molar-refractivity contribution >= 4 is 28.6 Å². The Hall–Kier alpha value is -3.30. The Kier molecular flexibility index (Phi) is 6.48. The molecule has 32 heavy (non-hydrogen) atoms. The number of anilines is 1. The van der Waals surface area contributed by atoms with Crippen molar-refractivity contribution in [2.45, 2.75) is 13.5 Å². The first-order chi connectivity index (χ1) is 15.4. The predicted molar refractivity (Wildman–Crippen MR) is 126 cm³/mol. The van der Waals surface area contributed by atoms with Crippen molar-refractivity contribution in [1.29, 1.82) is 0 Å². The molecule has 0 radical (unpaired) electrons. The molecule has 1 aromatic heterocycles. The fraction of sp³-hybridized carbons (Fsp3) is 0.304. The van der Waals surface area contributed by atoms with E-state index in [9.17, 15) is 14.9 Å². The average molecular weight is 452 g/mol. The van der Waals surface area contributed by atoms with Crippen LogP contribution in [0.25, 0.3) is 10.6 Å². The van der Waals surface area contributed by atoms with Gasteiger partial charge in [-0.05, 0) is 31.7 Å². The molecule has 166 valence electrons. The summed E-state index contributed by atoms with van der Waals surface area (Å²) in [4.78, 5) is 32.7. The van der Waals surface area contributed by atoms with E-state index in [1.807, 2.05) is 48.5 Å². The van der Waals surface area contributed by atoms with Gasteiger partial charge in [0.05, 0.1) is 17.2 Å². The third-order valence-electron chi connectivity index (χ3n) is 5.64. The number of aryl methyl sites for hydroxylation is 1. The number of nitro benzene ring substituents is 1. The monoisotopic (exact) mass is 451 g/mol. The largest absolute Gasteiger partial charge is 0.363 e. The van der Waals surface area contributed by atoms with Crippen LogP contribution in [0.5, 0.6) is 0 Å². The number of thiazole rings is 1. The van der Waals surface area contributed by atoms with Gasteiger partial charge < -0.3 is 15.1 Å². The van der Waals surface area contributed by atoms with Gasteiger partial charge in [-0.25, -0.2) is 4.98 Å². The minimum Gasteiger partial charge on any atom is -0.363 e. The summed E-state index contributed by atoms with van der Waals surface area (Å²) in [6, 6.07) is 12.7. The molecule has 0 unspecified atom stereocenters. The Morgan fingerprint density at radius 1 is 1.19 bits per heavy atom. The summed E-state index contributed by atoms with van der Waals surface area (Å²) in [5.41, 5.74) is 3.75. The summed E-state index contributed by atoms with van der Waals surface area (Å²) in [5.74, 6) is -0.358. The highest BCUT2D eigenvalue weighted by Gasteiger charge is 2.24. The molecule has 4 rings (SSSR count). The van der Waals surface area contributed by atoms with Crippen LogP contribution in [0.4, 0.5) is 11.4 Å². The molecule has 1 N–H and O–H groups in total. The standard InChI is InChI=1S/C23H25N5O3S/c1-16-5-3-4-6-19(16)23-25-18(15-32-23)14-24-22(29)17-7-8-20(21(13-17)28(30)31)27-11-9-26(2)10-12-27/h3-8,13,15H,9-12,14H2,1-2H3,(H,24,29). The number of aromatic nitrogens is 1. The molecule has 0 aliphatic carbocycles. The van der Waals surface area contributed by atoms with Gasteiger partial charge >= 0.3 is 0 Å². The van der Waals surface area contributed by atoms with Crippen LogP contribution >= 0.6 is 11.3 Å². The zero-order valence-corrected chi connectivity index (χ0v) is 18.9. The lowest BCUT2D eigenvalue weighted by molar-refractivity contribution is -0.384. The molecule has 1 aliphatic rings. The Morgan fingerprint density at radius 3 is 2.66 bits per heavy atom. The number of amides is 1. The number of likely N-dealkylation sites (N-methyl/N-ethyl adjacent to an activating group) is 1. The number of nitro groups is 1. The number of nitrogens with one attached hydrogen (secondary N) is 1.